The Morgan fingerprint density at radius 2 is 1.59 bits per heavy atom. The Kier molecular flexibility index (Phi) is 6.66. The number of alkyl halides is 2. The molecule has 0 aliphatic carbocycles. The van der Waals surface area contributed by atoms with Crippen molar-refractivity contribution >= 4 is 10.8 Å². The molecular formula is C27H31F2NO2. The molecule has 3 nitrogen and oxygen atoms in total. The van der Waals surface area contributed by atoms with Crippen molar-refractivity contribution in [3.63, 3.8) is 0 Å². The molecule has 0 saturated carbocycles. The minimum Gasteiger partial charge on any atom is -0.496 e. The van der Waals surface area contributed by atoms with E-state index in [0.717, 1.165) is 46.4 Å². The van der Waals surface area contributed by atoms with E-state index in [9.17, 15) is 8.78 Å². The number of aryl methyl sites for hydroxylation is 1. The van der Waals surface area contributed by atoms with Crippen molar-refractivity contribution in [2.75, 3.05) is 27.3 Å². The van der Waals surface area contributed by atoms with Crippen LogP contribution >= 0.6 is 0 Å². The molecule has 0 bridgehead atoms. The van der Waals surface area contributed by atoms with Crippen molar-refractivity contribution in [3.05, 3.63) is 59.7 Å². The van der Waals surface area contributed by atoms with Crippen LogP contribution < -0.4 is 9.47 Å². The van der Waals surface area contributed by atoms with Gasteiger partial charge >= 0.3 is 0 Å². The highest BCUT2D eigenvalue weighted by Crippen LogP contribution is 2.44. The molecular weight excluding hydrogens is 408 g/mol. The Morgan fingerprint density at radius 3 is 2.28 bits per heavy atom. The van der Waals surface area contributed by atoms with Gasteiger partial charge in [0.15, 0.2) is 0 Å². The lowest BCUT2D eigenvalue weighted by Gasteiger charge is -2.32. The van der Waals surface area contributed by atoms with Crippen molar-refractivity contribution in [2.24, 2.45) is 0 Å². The monoisotopic (exact) mass is 439 g/mol. The van der Waals surface area contributed by atoms with Crippen LogP contribution in [0.15, 0.2) is 48.5 Å². The van der Waals surface area contributed by atoms with E-state index in [1.54, 1.807) is 14.2 Å². The van der Waals surface area contributed by atoms with Crippen LogP contribution in [0.3, 0.4) is 0 Å². The lowest BCUT2D eigenvalue weighted by molar-refractivity contribution is -0.0567. The number of rotatable bonds is 7. The minimum absolute atomic E-state index is 0.0954. The maximum atomic E-state index is 13.6. The summed E-state index contributed by atoms with van der Waals surface area (Å²) in [6.07, 6.45) is 1.92. The normalized spacial score (nSPS) is 16.3. The van der Waals surface area contributed by atoms with Gasteiger partial charge in [0.25, 0.3) is 5.92 Å². The lowest BCUT2D eigenvalue weighted by atomic mass is 9.92. The molecule has 0 amide bonds. The zero-order valence-corrected chi connectivity index (χ0v) is 19.1. The predicted octanol–water partition coefficient (Wildman–Crippen LogP) is 6.71. The average molecular weight is 440 g/mol. The minimum atomic E-state index is -2.55. The molecule has 5 heteroatoms. The van der Waals surface area contributed by atoms with Crippen LogP contribution in [-0.2, 0) is 13.0 Å². The van der Waals surface area contributed by atoms with Crippen LogP contribution in [-0.4, -0.2) is 38.1 Å². The second-order valence-corrected chi connectivity index (χ2v) is 8.54. The van der Waals surface area contributed by atoms with Gasteiger partial charge in [-0.15, -0.1) is 0 Å². The van der Waals surface area contributed by atoms with Gasteiger partial charge in [-0.25, -0.2) is 8.78 Å². The molecule has 1 saturated heterocycles. The standard InChI is InChI=1S/C27H31F2NO2/c1-4-7-19-8-5-10-22-21(19)9-6-11-23(22)25-24(31-2)13-12-20(26(25)32-3)18-30-16-14-27(28,29)15-17-30/h5-6,8-13H,4,7,14-18H2,1-3H3. The number of benzene rings is 3. The van der Waals surface area contributed by atoms with Gasteiger partial charge in [-0.2, -0.15) is 0 Å². The van der Waals surface area contributed by atoms with Crippen molar-refractivity contribution in [2.45, 2.75) is 45.1 Å². The SMILES string of the molecule is CCCc1cccc2c(-c3c(OC)ccc(CN4CCC(F)(F)CC4)c3OC)cccc12. The molecule has 0 unspecified atom stereocenters. The third-order valence-corrected chi connectivity index (χ3v) is 6.41. The molecule has 1 aliphatic heterocycles. The molecule has 1 aliphatic rings. The fourth-order valence-corrected chi connectivity index (χ4v) is 4.75. The van der Waals surface area contributed by atoms with E-state index in [4.69, 9.17) is 9.47 Å². The largest absolute Gasteiger partial charge is 0.496 e. The molecule has 32 heavy (non-hydrogen) atoms. The van der Waals surface area contributed by atoms with Crippen molar-refractivity contribution in [3.8, 4) is 22.6 Å². The van der Waals surface area contributed by atoms with E-state index in [0.29, 0.717) is 19.6 Å². The zero-order chi connectivity index (χ0) is 22.7. The summed E-state index contributed by atoms with van der Waals surface area (Å²) in [4.78, 5) is 2.08. The van der Waals surface area contributed by atoms with Gasteiger partial charge in [-0.05, 0) is 34.4 Å². The topological polar surface area (TPSA) is 21.7 Å². The molecule has 3 aromatic carbocycles. The van der Waals surface area contributed by atoms with Gasteiger partial charge in [0, 0.05) is 38.0 Å². The molecule has 0 aromatic heterocycles. The first-order chi connectivity index (χ1) is 15.5. The van der Waals surface area contributed by atoms with Gasteiger partial charge < -0.3 is 9.47 Å². The summed E-state index contributed by atoms with van der Waals surface area (Å²) in [7, 11) is 3.33. The Balaban J connectivity index is 1.80. The van der Waals surface area contributed by atoms with Crippen LogP contribution in [0.5, 0.6) is 11.5 Å². The lowest BCUT2D eigenvalue weighted by Crippen LogP contribution is -2.38. The quantitative estimate of drug-likeness (QED) is 0.408. The Hall–Kier alpha value is -2.66. The summed E-state index contributed by atoms with van der Waals surface area (Å²) >= 11 is 0. The van der Waals surface area contributed by atoms with Crippen LogP contribution in [0.1, 0.15) is 37.3 Å². The molecule has 1 fully saturated rings. The van der Waals surface area contributed by atoms with Gasteiger partial charge in [0.1, 0.15) is 11.5 Å². The average Bonchev–Trinajstić information content (AvgIpc) is 2.80. The number of methoxy groups -OCH3 is 2. The van der Waals surface area contributed by atoms with Gasteiger partial charge in [-0.3, -0.25) is 4.90 Å². The van der Waals surface area contributed by atoms with Crippen LogP contribution in [0, 0.1) is 0 Å². The summed E-state index contributed by atoms with van der Waals surface area (Å²) < 4.78 is 38.9. The van der Waals surface area contributed by atoms with Gasteiger partial charge in [-0.1, -0.05) is 55.8 Å². The highest BCUT2D eigenvalue weighted by Gasteiger charge is 2.34. The number of likely N-dealkylation sites (tertiary alicyclic amines) is 1. The number of nitrogens with zero attached hydrogens (tertiary/aromatic N) is 1. The summed E-state index contributed by atoms with van der Waals surface area (Å²) in [5.41, 5.74) is 4.28. The highest BCUT2D eigenvalue weighted by atomic mass is 19.3. The molecule has 0 spiro atoms. The fourth-order valence-electron chi connectivity index (χ4n) is 4.75. The van der Waals surface area contributed by atoms with Crippen LogP contribution in [0.2, 0.25) is 0 Å². The van der Waals surface area contributed by atoms with Crippen molar-refractivity contribution in [1.29, 1.82) is 0 Å². The van der Waals surface area contributed by atoms with E-state index < -0.39 is 5.92 Å². The van der Waals surface area contributed by atoms with Crippen LogP contribution in [0.4, 0.5) is 8.78 Å². The highest BCUT2D eigenvalue weighted by molar-refractivity contribution is 6.01. The van der Waals surface area contributed by atoms with E-state index in [2.05, 4.69) is 48.2 Å². The summed E-state index contributed by atoms with van der Waals surface area (Å²) in [6.45, 7) is 3.52. The van der Waals surface area contributed by atoms with E-state index in [-0.39, 0.29) is 12.8 Å². The Morgan fingerprint density at radius 1 is 0.875 bits per heavy atom. The number of piperidine rings is 1. The first-order valence-electron chi connectivity index (χ1n) is 11.3. The number of fused-ring (bicyclic) bond motifs is 1. The molecule has 0 atom stereocenters. The number of ether oxygens (including phenoxy) is 2. The number of halogens is 2. The molecule has 170 valence electrons. The number of hydrogen-bond donors (Lipinski definition) is 0. The third-order valence-electron chi connectivity index (χ3n) is 6.41. The third kappa shape index (κ3) is 4.44. The van der Waals surface area contributed by atoms with E-state index in [1.807, 2.05) is 12.1 Å². The smallest absolute Gasteiger partial charge is 0.250 e. The van der Waals surface area contributed by atoms with Crippen LogP contribution in [0.25, 0.3) is 21.9 Å². The summed E-state index contributed by atoms with van der Waals surface area (Å²) in [6, 6.07) is 16.7. The summed E-state index contributed by atoms with van der Waals surface area (Å²) in [5, 5.41) is 2.39. The Labute approximate surface area is 188 Å². The first-order valence-corrected chi connectivity index (χ1v) is 11.3. The van der Waals surface area contributed by atoms with E-state index >= 15 is 0 Å². The van der Waals surface area contributed by atoms with Gasteiger partial charge in [0.2, 0.25) is 0 Å². The second-order valence-electron chi connectivity index (χ2n) is 8.54. The van der Waals surface area contributed by atoms with Crippen molar-refractivity contribution < 1.29 is 18.3 Å². The predicted molar refractivity (Wildman–Crippen MR) is 126 cm³/mol. The molecule has 0 N–H and O–H groups in total. The first kappa shape index (κ1) is 22.5. The molecule has 3 aromatic rings. The number of hydrogen-bond acceptors (Lipinski definition) is 3. The molecule has 1 heterocycles. The molecule has 0 radical (unpaired) electrons. The molecule has 4 rings (SSSR count). The second kappa shape index (κ2) is 9.45. The fraction of sp³-hybridized carbons (Fsp3) is 0.407. The zero-order valence-electron chi connectivity index (χ0n) is 19.1. The van der Waals surface area contributed by atoms with Gasteiger partial charge in [0.05, 0.1) is 19.8 Å². The Bertz CT molecular complexity index is 1090. The van der Waals surface area contributed by atoms with Crippen molar-refractivity contribution in [1.82, 2.24) is 4.90 Å². The maximum Gasteiger partial charge on any atom is 0.250 e. The van der Waals surface area contributed by atoms with E-state index in [1.165, 1.54) is 10.9 Å². The summed E-state index contributed by atoms with van der Waals surface area (Å²) in [5.74, 6) is -1.07. The maximum absolute atomic E-state index is 13.6.